The van der Waals surface area contributed by atoms with Gasteiger partial charge in [-0.2, -0.15) is 0 Å². The van der Waals surface area contributed by atoms with Crippen LogP contribution < -0.4 is 4.90 Å². The van der Waals surface area contributed by atoms with E-state index in [9.17, 15) is 9.90 Å². The van der Waals surface area contributed by atoms with E-state index in [1.165, 1.54) is 0 Å². The molecule has 148 valence electrons. The molecule has 1 unspecified atom stereocenters. The summed E-state index contributed by atoms with van der Waals surface area (Å²) in [4.78, 5) is 17.3. The van der Waals surface area contributed by atoms with Crippen LogP contribution in [0.4, 0.5) is 5.69 Å². The van der Waals surface area contributed by atoms with Crippen molar-refractivity contribution in [2.24, 2.45) is 0 Å². The first-order chi connectivity index (χ1) is 13.5. The number of β-amino-alcohol motifs (C(OH)–C–C–N with tert-alkyl or cyclic N) is 1. The number of aryl methyl sites for hydroxylation is 1. The van der Waals surface area contributed by atoms with Gasteiger partial charge in [0.15, 0.2) is 0 Å². The number of ether oxygens (including phenoxy) is 1. The van der Waals surface area contributed by atoms with Gasteiger partial charge in [-0.05, 0) is 43.5 Å². The number of hydrogen-bond acceptors (Lipinski definition) is 4. The number of hydrogen-bond donors (Lipinski definition) is 1. The van der Waals surface area contributed by atoms with Crippen LogP contribution in [0.15, 0.2) is 42.5 Å². The lowest BCUT2D eigenvalue weighted by Gasteiger charge is -2.31. The average molecular weight is 380 g/mol. The first-order valence-corrected chi connectivity index (χ1v) is 9.99. The molecule has 2 aromatic rings. The third-order valence-corrected chi connectivity index (χ3v) is 6.01. The van der Waals surface area contributed by atoms with E-state index in [2.05, 4.69) is 11.0 Å². The standard InChI is InChI=1S/C23H28N2O3/c1-17-6-8-19(9-7-17)23(27)10-11-25(16-23)22(26)20-4-3-5-21(18(20)2)24-12-14-28-15-13-24/h3-9,27H,10-16H2,1-2H3. The highest BCUT2D eigenvalue weighted by Gasteiger charge is 2.40. The van der Waals surface area contributed by atoms with Crippen LogP contribution in [0.25, 0.3) is 0 Å². The molecule has 0 aliphatic carbocycles. The van der Waals surface area contributed by atoms with E-state index >= 15 is 0 Å². The van der Waals surface area contributed by atoms with Gasteiger partial charge in [0.25, 0.3) is 5.91 Å². The van der Waals surface area contributed by atoms with Gasteiger partial charge in [-0.25, -0.2) is 0 Å². The fourth-order valence-electron chi connectivity index (χ4n) is 4.24. The third-order valence-electron chi connectivity index (χ3n) is 6.01. The largest absolute Gasteiger partial charge is 0.383 e. The molecule has 0 radical (unpaired) electrons. The predicted molar refractivity (Wildman–Crippen MR) is 110 cm³/mol. The van der Waals surface area contributed by atoms with E-state index < -0.39 is 5.60 Å². The van der Waals surface area contributed by atoms with Crippen LogP contribution in [0.3, 0.4) is 0 Å². The van der Waals surface area contributed by atoms with Gasteiger partial charge in [0.05, 0.1) is 19.8 Å². The minimum atomic E-state index is -0.973. The molecule has 5 heteroatoms. The molecule has 5 nitrogen and oxygen atoms in total. The number of nitrogens with zero attached hydrogens (tertiary/aromatic N) is 2. The number of rotatable bonds is 3. The molecule has 28 heavy (non-hydrogen) atoms. The Morgan fingerprint density at radius 2 is 1.75 bits per heavy atom. The molecule has 1 atom stereocenters. The molecule has 4 rings (SSSR count). The van der Waals surface area contributed by atoms with Crippen LogP contribution in [0.1, 0.15) is 33.5 Å². The molecule has 2 aromatic carbocycles. The normalized spacial score (nSPS) is 22.5. The molecule has 2 fully saturated rings. The van der Waals surface area contributed by atoms with Gasteiger partial charge in [-0.1, -0.05) is 35.9 Å². The molecule has 0 saturated carbocycles. The first kappa shape index (κ1) is 19.0. The van der Waals surface area contributed by atoms with Crippen LogP contribution in [0, 0.1) is 13.8 Å². The summed E-state index contributed by atoms with van der Waals surface area (Å²) >= 11 is 0. The van der Waals surface area contributed by atoms with Gasteiger partial charge in [-0.3, -0.25) is 4.79 Å². The number of morpholine rings is 1. The van der Waals surface area contributed by atoms with Crippen molar-refractivity contribution < 1.29 is 14.6 Å². The van der Waals surface area contributed by atoms with E-state index in [4.69, 9.17) is 4.74 Å². The second kappa shape index (κ2) is 7.57. The van der Waals surface area contributed by atoms with Crippen LogP contribution in [0.5, 0.6) is 0 Å². The molecule has 1 N–H and O–H groups in total. The second-order valence-electron chi connectivity index (χ2n) is 7.92. The minimum absolute atomic E-state index is 0.00403. The Balaban J connectivity index is 1.54. The zero-order chi connectivity index (χ0) is 19.7. The van der Waals surface area contributed by atoms with Crippen LogP contribution >= 0.6 is 0 Å². The summed E-state index contributed by atoms with van der Waals surface area (Å²) in [5.74, 6) is -0.00403. The van der Waals surface area contributed by atoms with Gasteiger partial charge >= 0.3 is 0 Å². The van der Waals surface area contributed by atoms with Crippen molar-refractivity contribution in [3.63, 3.8) is 0 Å². The number of aliphatic hydroxyl groups is 1. The van der Waals surface area contributed by atoms with Gasteiger partial charge in [0.2, 0.25) is 0 Å². The number of likely N-dealkylation sites (tertiary alicyclic amines) is 1. The van der Waals surface area contributed by atoms with Crippen molar-refractivity contribution in [3.05, 3.63) is 64.7 Å². The zero-order valence-electron chi connectivity index (χ0n) is 16.6. The predicted octanol–water partition coefficient (Wildman–Crippen LogP) is 2.87. The molecule has 0 bridgehead atoms. The first-order valence-electron chi connectivity index (χ1n) is 9.99. The number of carbonyl (C=O) groups excluding carboxylic acids is 1. The van der Waals surface area contributed by atoms with Crippen LogP contribution in [0.2, 0.25) is 0 Å². The lowest BCUT2D eigenvalue weighted by molar-refractivity contribution is 0.0417. The Labute approximate surface area is 166 Å². The molecular weight excluding hydrogens is 352 g/mol. The Hall–Kier alpha value is -2.37. The monoisotopic (exact) mass is 380 g/mol. The Kier molecular flexibility index (Phi) is 5.13. The molecule has 1 amide bonds. The van der Waals surface area contributed by atoms with Crippen molar-refractivity contribution in [1.29, 1.82) is 0 Å². The van der Waals surface area contributed by atoms with E-state index in [-0.39, 0.29) is 5.91 Å². The lowest BCUT2D eigenvalue weighted by atomic mass is 9.92. The van der Waals surface area contributed by atoms with E-state index in [0.29, 0.717) is 32.7 Å². The van der Waals surface area contributed by atoms with Crippen molar-refractivity contribution in [2.45, 2.75) is 25.9 Å². The number of carbonyl (C=O) groups is 1. The van der Waals surface area contributed by atoms with Gasteiger partial charge in [0, 0.05) is 30.9 Å². The lowest BCUT2D eigenvalue weighted by Crippen LogP contribution is -2.37. The molecule has 2 saturated heterocycles. The van der Waals surface area contributed by atoms with Crippen molar-refractivity contribution in [1.82, 2.24) is 4.90 Å². The number of amides is 1. The van der Waals surface area contributed by atoms with E-state index in [1.807, 2.05) is 50.2 Å². The Morgan fingerprint density at radius 3 is 2.46 bits per heavy atom. The summed E-state index contributed by atoms with van der Waals surface area (Å²) in [6, 6.07) is 13.9. The highest BCUT2D eigenvalue weighted by atomic mass is 16.5. The number of anilines is 1. The zero-order valence-corrected chi connectivity index (χ0v) is 16.6. The van der Waals surface area contributed by atoms with Gasteiger partial charge in [-0.15, -0.1) is 0 Å². The summed E-state index contributed by atoms with van der Waals surface area (Å²) in [7, 11) is 0. The van der Waals surface area contributed by atoms with Crippen LogP contribution in [-0.4, -0.2) is 55.3 Å². The highest BCUT2D eigenvalue weighted by Crippen LogP contribution is 2.34. The second-order valence-corrected chi connectivity index (χ2v) is 7.92. The summed E-state index contributed by atoms with van der Waals surface area (Å²) in [6.45, 7) is 8.05. The highest BCUT2D eigenvalue weighted by molar-refractivity contribution is 5.97. The summed E-state index contributed by atoms with van der Waals surface area (Å²) < 4.78 is 5.45. The van der Waals surface area contributed by atoms with Crippen LogP contribution in [-0.2, 0) is 10.3 Å². The maximum atomic E-state index is 13.2. The number of benzene rings is 2. The topological polar surface area (TPSA) is 53.0 Å². The third kappa shape index (κ3) is 3.52. The summed E-state index contributed by atoms with van der Waals surface area (Å²) in [5, 5.41) is 11.1. The summed E-state index contributed by atoms with van der Waals surface area (Å²) in [5.41, 5.74) is 3.89. The molecule has 0 aromatic heterocycles. The molecule has 2 aliphatic rings. The molecule has 2 aliphatic heterocycles. The quantitative estimate of drug-likeness (QED) is 0.890. The Morgan fingerprint density at radius 1 is 1.04 bits per heavy atom. The smallest absolute Gasteiger partial charge is 0.254 e. The molecular formula is C23H28N2O3. The van der Waals surface area contributed by atoms with Crippen molar-refractivity contribution in [2.75, 3.05) is 44.3 Å². The van der Waals surface area contributed by atoms with E-state index in [1.54, 1.807) is 4.90 Å². The Bertz CT molecular complexity index is 859. The fourth-order valence-corrected chi connectivity index (χ4v) is 4.24. The maximum absolute atomic E-state index is 13.2. The fraction of sp³-hybridized carbons (Fsp3) is 0.435. The summed E-state index contributed by atoms with van der Waals surface area (Å²) in [6.07, 6.45) is 0.560. The SMILES string of the molecule is Cc1ccc(C2(O)CCN(C(=O)c3cccc(N4CCOCC4)c3C)C2)cc1. The molecule has 2 heterocycles. The maximum Gasteiger partial charge on any atom is 0.254 e. The molecule has 0 spiro atoms. The van der Waals surface area contributed by atoms with E-state index in [0.717, 1.165) is 41.0 Å². The van der Waals surface area contributed by atoms with Crippen molar-refractivity contribution >= 4 is 11.6 Å². The minimum Gasteiger partial charge on any atom is -0.383 e. The van der Waals surface area contributed by atoms with Crippen molar-refractivity contribution in [3.8, 4) is 0 Å². The van der Waals surface area contributed by atoms with Gasteiger partial charge < -0.3 is 19.6 Å². The van der Waals surface area contributed by atoms with Gasteiger partial charge in [0.1, 0.15) is 5.60 Å². The average Bonchev–Trinajstić information content (AvgIpc) is 3.12.